The second kappa shape index (κ2) is 11.8. The number of nitrogens with zero attached hydrogens (tertiary/aromatic N) is 1. The molecule has 0 saturated carbocycles. The molecule has 0 spiro atoms. The molecule has 8 heteroatoms. The van der Waals surface area contributed by atoms with Crippen molar-refractivity contribution in [3.8, 4) is 22.4 Å². The zero-order valence-electron chi connectivity index (χ0n) is 21.3. The largest absolute Gasteiger partial charge is 0.481 e. The first-order chi connectivity index (χ1) is 17.4. The van der Waals surface area contributed by atoms with Gasteiger partial charge in [-0.05, 0) is 46.7 Å². The number of ketones is 1. The minimum atomic E-state index is -4.13. The van der Waals surface area contributed by atoms with Gasteiger partial charge in [-0.25, -0.2) is 4.39 Å². The summed E-state index contributed by atoms with van der Waals surface area (Å²) in [6, 6.07) is 15.8. The maximum absolute atomic E-state index is 13.9. The van der Waals surface area contributed by atoms with Crippen LogP contribution in [0.25, 0.3) is 28.5 Å². The van der Waals surface area contributed by atoms with Crippen molar-refractivity contribution in [1.29, 1.82) is 0 Å². The van der Waals surface area contributed by atoms with E-state index in [1.54, 1.807) is 12.1 Å². The lowest BCUT2D eigenvalue weighted by molar-refractivity contribution is -0.139. The van der Waals surface area contributed by atoms with E-state index in [4.69, 9.17) is 10.1 Å². The summed E-state index contributed by atoms with van der Waals surface area (Å²) in [5.74, 6) is -1.56. The molecular formula is C29H31FNO5P. The first-order valence-corrected chi connectivity index (χ1v) is 13.9. The van der Waals surface area contributed by atoms with Crippen LogP contribution >= 0.6 is 7.37 Å². The van der Waals surface area contributed by atoms with E-state index >= 15 is 0 Å². The van der Waals surface area contributed by atoms with Gasteiger partial charge in [-0.3, -0.25) is 19.1 Å². The molecule has 1 unspecified atom stereocenters. The van der Waals surface area contributed by atoms with E-state index in [2.05, 4.69) is 0 Å². The van der Waals surface area contributed by atoms with Gasteiger partial charge >= 0.3 is 5.97 Å². The van der Waals surface area contributed by atoms with Gasteiger partial charge in [0.1, 0.15) is 12.2 Å². The van der Waals surface area contributed by atoms with Crippen LogP contribution in [0.4, 0.5) is 4.39 Å². The normalized spacial score (nSPS) is 13.3. The average Bonchev–Trinajstić information content (AvgIpc) is 2.81. The standard InChI is InChI=1S/C29H31FNO5P/c1-18(2)26-27(20-10-12-22(30)13-11-20)24(14-15-37(35,36)17-23(32)16-25(33)34)28(19(3)4)31-29(26)21-8-6-5-7-9-21/h5-15,18-19H,16-17H2,1-4H3,(H,33,34)(H,35,36). The molecule has 0 aliphatic rings. The Morgan fingerprint density at radius 2 is 1.59 bits per heavy atom. The molecule has 1 atom stereocenters. The van der Waals surface area contributed by atoms with Gasteiger partial charge in [0.05, 0.1) is 17.5 Å². The first kappa shape index (κ1) is 28.2. The van der Waals surface area contributed by atoms with Crippen LogP contribution in [0.2, 0.25) is 0 Å². The van der Waals surface area contributed by atoms with Crippen LogP contribution in [-0.2, 0) is 14.2 Å². The van der Waals surface area contributed by atoms with Crippen molar-refractivity contribution in [2.45, 2.75) is 46.0 Å². The number of hydrogen-bond donors (Lipinski definition) is 2. The number of aliphatic carboxylic acids is 1. The molecule has 1 heterocycles. The Morgan fingerprint density at radius 3 is 2.14 bits per heavy atom. The molecule has 3 aromatic rings. The number of benzene rings is 2. The van der Waals surface area contributed by atoms with E-state index in [0.29, 0.717) is 11.3 Å². The molecule has 0 aliphatic heterocycles. The van der Waals surface area contributed by atoms with Crippen LogP contribution in [0, 0.1) is 5.82 Å². The van der Waals surface area contributed by atoms with Gasteiger partial charge in [-0.1, -0.05) is 70.2 Å². The van der Waals surface area contributed by atoms with Crippen molar-refractivity contribution < 1.29 is 28.5 Å². The van der Waals surface area contributed by atoms with Gasteiger partial charge in [0.25, 0.3) is 0 Å². The number of Topliss-reactive ketones (excluding diaryl/α,β-unsaturated/α-hetero) is 1. The van der Waals surface area contributed by atoms with Crippen LogP contribution in [-0.4, -0.2) is 32.9 Å². The highest BCUT2D eigenvalue weighted by Crippen LogP contribution is 2.46. The molecule has 0 amide bonds. The molecule has 0 radical (unpaired) electrons. The van der Waals surface area contributed by atoms with E-state index in [1.807, 2.05) is 58.0 Å². The summed E-state index contributed by atoms with van der Waals surface area (Å²) in [6.45, 7) is 7.99. The molecule has 194 valence electrons. The Hall–Kier alpha value is -3.41. The highest BCUT2D eigenvalue weighted by molar-refractivity contribution is 7.62. The van der Waals surface area contributed by atoms with Gasteiger partial charge in [-0.15, -0.1) is 0 Å². The van der Waals surface area contributed by atoms with E-state index in [0.717, 1.165) is 33.8 Å². The van der Waals surface area contributed by atoms with Crippen LogP contribution in [0.3, 0.4) is 0 Å². The Bertz CT molecular complexity index is 1370. The Balaban J connectivity index is 2.32. The second-order valence-electron chi connectivity index (χ2n) is 9.57. The molecule has 1 aromatic heterocycles. The number of halogens is 1. The first-order valence-electron chi connectivity index (χ1n) is 12.0. The lowest BCUT2D eigenvalue weighted by atomic mass is 9.83. The lowest BCUT2D eigenvalue weighted by Gasteiger charge is -2.24. The van der Waals surface area contributed by atoms with E-state index < -0.39 is 31.7 Å². The fourth-order valence-corrected chi connectivity index (χ4v) is 5.37. The van der Waals surface area contributed by atoms with Crippen molar-refractivity contribution >= 4 is 25.2 Å². The smallest absolute Gasteiger partial charge is 0.310 e. The van der Waals surface area contributed by atoms with Gasteiger partial charge in [0.15, 0.2) is 5.78 Å². The van der Waals surface area contributed by atoms with E-state index in [9.17, 15) is 23.4 Å². The molecule has 2 N–H and O–H groups in total. The molecule has 2 aromatic carbocycles. The molecule has 0 bridgehead atoms. The Morgan fingerprint density at radius 1 is 0.973 bits per heavy atom. The average molecular weight is 524 g/mol. The predicted octanol–water partition coefficient (Wildman–Crippen LogP) is 7.09. The van der Waals surface area contributed by atoms with Crippen LogP contribution in [0.1, 0.15) is 62.8 Å². The molecule has 0 aliphatic carbocycles. The minimum absolute atomic E-state index is 0.00537. The zero-order chi connectivity index (χ0) is 27.3. The summed E-state index contributed by atoms with van der Waals surface area (Å²) >= 11 is 0. The number of carboxylic acid groups (broad SMARTS) is 1. The number of hydrogen-bond acceptors (Lipinski definition) is 4. The number of carbonyl (C=O) groups is 2. The maximum Gasteiger partial charge on any atom is 0.310 e. The summed E-state index contributed by atoms with van der Waals surface area (Å²) in [7, 11) is -4.13. The lowest BCUT2D eigenvalue weighted by Crippen LogP contribution is -2.10. The van der Waals surface area contributed by atoms with Crippen molar-refractivity contribution in [1.82, 2.24) is 4.98 Å². The molecule has 0 fully saturated rings. The second-order valence-corrected chi connectivity index (χ2v) is 11.7. The van der Waals surface area contributed by atoms with Crippen molar-refractivity contribution in [2.75, 3.05) is 6.16 Å². The highest BCUT2D eigenvalue weighted by Gasteiger charge is 2.26. The molecule has 6 nitrogen and oxygen atoms in total. The van der Waals surface area contributed by atoms with Crippen LogP contribution in [0.15, 0.2) is 60.4 Å². The summed E-state index contributed by atoms with van der Waals surface area (Å²) in [4.78, 5) is 38.3. The van der Waals surface area contributed by atoms with E-state index in [-0.39, 0.29) is 17.7 Å². The summed E-state index contributed by atoms with van der Waals surface area (Å²) < 4.78 is 26.7. The van der Waals surface area contributed by atoms with Crippen LogP contribution in [0.5, 0.6) is 0 Å². The number of carbonyl (C=O) groups excluding carboxylic acids is 1. The third-order valence-corrected chi connectivity index (χ3v) is 7.25. The summed E-state index contributed by atoms with van der Waals surface area (Å²) in [5.41, 5.74) is 5.36. The molecule has 0 saturated heterocycles. The fraction of sp³-hybridized carbons (Fsp3) is 0.276. The minimum Gasteiger partial charge on any atom is -0.481 e. The van der Waals surface area contributed by atoms with Gasteiger partial charge < -0.3 is 10.00 Å². The van der Waals surface area contributed by atoms with Crippen LogP contribution < -0.4 is 0 Å². The third kappa shape index (κ3) is 7.09. The van der Waals surface area contributed by atoms with Gasteiger partial charge in [0, 0.05) is 16.9 Å². The highest BCUT2D eigenvalue weighted by atomic mass is 31.2. The number of carboxylic acids is 1. The topological polar surface area (TPSA) is 105 Å². The monoisotopic (exact) mass is 523 g/mol. The molecular weight excluding hydrogens is 492 g/mol. The quantitative estimate of drug-likeness (QED) is 0.217. The van der Waals surface area contributed by atoms with E-state index in [1.165, 1.54) is 18.2 Å². The molecule has 3 rings (SSSR count). The summed E-state index contributed by atoms with van der Waals surface area (Å²) in [5, 5.41) is 8.83. The number of rotatable bonds is 10. The molecule has 37 heavy (non-hydrogen) atoms. The number of pyridine rings is 1. The van der Waals surface area contributed by atoms with Crippen molar-refractivity contribution in [2.24, 2.45) is 0 Å². The zero-order valence-corrected chi connectivity index (χ0v) is 22.2. The van der Waals surface area contributed by atoms with Gasteiger partial charge in [-0.2, -0.15) is 0 Å². The summed E-state index contributed by atoms with van der Waals surface area (Å²) in [6.07, 6.45) is -0.0942. The SMILES string of the molecule is CC(C)c1nc(-c2ccccc2)c(C(C)C)c(-c2ccc(F)cc2)c1C=CP(=O)(O)CC(=O)CC(=O)O. The predicted molar refractivity (Wildman–Crippen MR) is 144 cm³/mol. The number of aromatic nitrogens is 1. The van der Waals surface area contributed by atoms with Crippen molar-refractivity contribution in [3.63, 3.8) is 0 Å². The Kier molecular flexibility index (Phi) is 8.95. The van der Waals surface area contributed by atoms with Gasteiger partial charge in [0.2, 0.25) is 7.37 Å². The van der Waals surface area contributed by atoms with Crippen molar-refractivity contribution in [3.05, 3.63) is 83.1 Å². The third-order valence-electron chi connectivity index (χ3n) is 5.83. The maximum atomic E-state index is 13.9. The fourth-order valence-electron chi connectivity index (χ4n) is 4.27. The Labute approximate surface area is 216 Å².